The van der Waals surface area contributed by atoms with Crippen LogP contribution in [0.15, 0.2) is 77.4 Å². The number of hydrogen-bond donors (Lipinski definition) is 1. The third kappa shape index (κ3) is 4.27. The normalized spacial score (nSPS) is 10.7. The second kappa shape index (κ2) is 7.98. The van der Waals surface area contributed by atoms with E-state index in [2.05, 4.69) is 5.32 Å². The maximum atomic E-state index is 12.3. The average molecular weight is 347 g/mol. The molecule has 0 aliphatic carbocycles. The Labute approximate surface area is 150 Å². The van der Waals surface area contributed by atoms with Gasteiger partial charge in [-0.05, 0) is 60.2 Å². The van der Waals surface area contributed by atoms with Crippen molar-refractivity contribution in [2.24, 2.45) is 0 Å². The third-order valence-electron chi connectivity index (χ3n) is 3.69. The first-order valence-electron chi connectivity index (χ1n) is 7.97. The number of nitrogens with one attached hydrogen (secondary N) is 1. The maximum Gasteiger partial charge on any atom is 0.291 e. The molecule has 0 unspecified atom stereocenters. The smallest absolute Gasteiger partial charge is 0.291 e. The van der Waals surface area contributed by atoms with Gasteiger partial charge in [-0.15, -0.1) is 0 Å². The van der Waals surface area contributed by atoms with Gasteiger partial charge in [0, 0.05) is 11.3 Å². The number of benzene rings is 2. The van der Waals surface area contributed by atoms with Crippen molar-refractivity contribution < 1.29 is 18.7 Å². The summed E-state index contributed by atoms with van der Waals surface area (Å²) in [6.45, 7) is 0. The fourth-order valence-electron chi connectivity index (χ4n) is 2.33. The summed E-state index contributed by atoms with van der Waals surface area (Å²) in [5.41, 5.74) is 1.99. The van der Waals surface area contributed by atoms with E-state index in [9.17, 15) is 9.59 Å². The molecule has 0 bridgehead atoms. The predicted octanol–water partition coefficient (Wildman–Crippen LogP) is 4.44. The van der Waals surface area contributed by atoms with Crippen LogP contribution in [0.25, 0.3) is 6.08 Å². The molecule has 0 atom stereocenters. The number of anilines is 1. The molecule has 0 saturated heterocycles. The van der Waals surface area contributed by atoms with Gasteiger partial charge in [0.1, 0.15) is 5.75 Å². The van der Waals surface area contributed by atoms with Gasteiger partial charge in [0.25, 0.3) is 5.91 Å². The lowest BCUT2D eigenvalue weighted by atomic mass is 10.1. The summed E-state index contributed by atoms with van der Waals surface area (Å²) in [6, 6.07) is 17.3. The Hall–Kier alpha value is -3.60. The first-order valence-corrected chi connectivity index (χ1v) is 7.97. The lowest BCUT2D eigenvalue weighted by Crippen LogP contribution is -2.10. The topological polar surface area (TPSA) is 68.5 Å². The summed E-state index contributed by atoms with van der Waals surface area (Å²) < 4.78 is 10.2. The van der Waals surface area contributed by atoms with Gasteiger partial charge in [-0.1, -0.05) is 18.2 Å². The molecule has 0 fully saturated rings. The number of furan rings is 1. The van der Waals surface area contributed by atoms with E-state index in [0.29, 0.717) is 11.3 Å². The molecule has 0 aliphatic heterocycles. The highest BCUT2D eigenvalue weighted by Gasteiger charge is 2.09. The van der Waals surface area contributed by atoms with Crippen LogP contribution < -0.4 is 10.1 Å². The molecule has 0 spiro atoms. The van der Waals surface area contributed by atoms with E-state index in [4.69, 9.17) is 9.15 Å². The molecule has 0 radical (unpaired) electrons. The predicted molar refractivity (Wildman–Crippen MR) is 99.5 cm³/mol. The largest absolute Gasteiger partial charge is 0.497 e. The monoisotopic (exact) mass is 347 g/mol. The Bertz CT molecular complexity index is 925. The van der Waals surface area contributed by atoms with Crippen LogP contribution in [0.4, 0.5) is 5.69 Å². The highest BCUT2D eigenvalue weighted by molar-refractivity contribution is 6.07. The van der Waals surface area contributed by atoms with Crippen molar-refractivity contribution in [2.45, 2.75) is 0 Å². The Morgan fingerprint density at radius 3 is 2.54 bits per heavy atom. The lowest BCUT2D eigenvalue weighted by Gasteiger charge is -2.04. The van der Waals surface area contributed by atoms with Crippen LogP contribution >= 0.6 is 0 Å². The zero-order valence-corrected chi connectivity index (χ0v) is 14.1. The van der Waals surface area contributed by atoms with Crippen LogP contribution in [0.3, 0.4) is 0 Å². The van der Waals surface area contributed by atoms with Crippen LogP contribution in [0.5, 0.6) is 5.75 Å². The van der Waals surface area contributed by atoms with E-state index in [1.54, 1.807) is 49.6 Å². The van der Waals surface area contributed by atoms with Crippen molar-refractivity contribution in [2.75, 3.05) is 12.4 Å². The standard InChI is InChI=1S/C21H17NO4/c1-25-18-5-2-4-15(14-18)7-12-19(23)16-8-10-17(11-9-16)22-21(24)20-6-3-13-26-20/h2-14H,1H3,(H,22,24). The Kier molecular flexibility index (Phi) is 5.29. The number of ether oxygens (including phenoxy) is 1. The van der Waals surface area contributed by atoms with Gasteiger partial charge in [0.2, 0.25) is 0 Å². The lowest BCUT2D eigenvalue weighted by molar-refractivity contribution is 0.0996. The molecule has 0 aliphatic rings. The maximum absolute atomic E-state index is 12.3. The van der Waals surface area contributed by atoms with Crippen LogP contribution in [0.1, 0.15) is 26.5 Å². The molecule has 1 amide bonds. The van der Waals surface area contributed by atoms with Gasteiger partial charge in [-0.3, -0.25) is 9.59 Å². The van der Waals surface area contributed by atoms with Crippen LogP contribution in [-0.4, -0.2) is 18.8 Å². The summed E-state index contributed by atoms with van der Waals surface area (Å²) in [7, 11) is 1.60. The summed E-state index contributed by atoms with van der Waals surface area (Å²) in [4.78, 5) is 24.2. The van der Waals surface area contributed by atoms with E-state index in [-0.39, 0.29) is 17.5 Å². The van der Waals surface area contributed by atoms with E-state index < -0.39 is 0 Å². The van der Waals surface area contributed by atoms with Gasteiger partial charge >= 0.3 is 0 Å². The number of rotatable bonds is 6. The van der Waals surface area contributed by atoms with Crippen molar-refractivity contribution in [1.29, 1.82) is 0 Å². The first-order chi connectivity index (χ1) is 12.7. The average Bonchev–Trinajstić information content (AvgIpc) is 3.22. The fourth-order valence-corrected chi connectivity index (χ4v) is 2.33. The highest BCUT2D eigenvalue weighted by atomic mass is 16.5. The minimum atomic E-state index is -0.341. The zero-order chi connectivity index (χ0) is 18.4. The zero-order valence-electron chi connectivity index (χ0n) is 14.1. The van der Waals surface area contributed by atoms with E-state index in [0.717, 1.165) is 11.3 Å². The number of amides is 1. The Balaban J connectivity index is 1.65. The number of carbonyl (C=O) groups is 2. The van der Waals surface area contributed by atoms with Crippen LogP contribution in [0.2, 0.25) is 0 Å². The third-order valence-corrected chi connectivity index (χ3v) is 3.69. The molecule has 3 aromatic rings. The number of hydrogen-bond acceptors (Lipinski definition) is 4. The number of carbonyl (C=O) groups excluding carboxylic acids is 2. The molecular formula is C21H17NO4. The number of allylic oxidation sites excluding steroid dienone is 1. The summed E-state index contributed by atoms with van der Waals surface area (Å²) in [5.74, 6) is 0.492. The van der Waals surface area contributed by atoms with Gasteiger partial charge in [0.05, 0.1) is 13.4 Å². The van der Waals surface area contributed by atoms with Crippen molar-refractivity contribution in [3.63, 3.8) is 0 Å². The van der Waals surface area contributed by atoms with Gasteiger partial charge < -0.3 is 14.5 Å². The minimum Gasteiger partial charge on any atom is -0.497 e. The SMILES string of the molecule is COc1cccc(C=CC(=O)c2ccc(NC(=O)c3ccco3)cc2)c1. The van der Waals surface area contributed by atoms with Crippen LogP contribution in [-0.2, 0) is 0 Å². The molecule has 5 nitrogen and oxygen atoms in total. The summed E-state index contributed by atoms with van der Waals surface area (Å²) in [6.07, 6.45) is 4.67. The second-order valence-electron chi connectivity index (χ2n) is 5.48. The molecule has 1 N–H and O–H groups in total. The van der Waals surface area contributed by atoms with Crippen LogP contribution in [0, 0.1) is 0 Å². The van der Waals surface area contributed by atoms with E-state index >= 15 is 0 Å². The van der Waals surface area contributed by atoms with Crippen molar-refractivity contribution in [3.8, 4) is 5.75 Å². The molecule has 3 rings (SSSR count). The van der Waals surface area contributed by atoms with Gasteiger partial charge in [0.15, 0.2) is 11.5 Å². The minimum absolute atomic E-state index is 0.128. The number of ketones is 1. The first kappa shape index (κ1) is 17.2. The summed E-state index contributed by atoms with van der Waals surface area (Å²) >= 11 is 0. The molecule has 130 valence electrons. The molecule has 2 aromatic carbocycles. The molecule has 0 saturated carbocycles. The fraction of sp³-hybridized carbons (Fsp3) is 0.0476. The molecule has 1 aromatic heterocycles. The molecule has 26 heavy (non-hydrogen) atoms. The quantitative estimate of drug-likeness (QED) is 0.529. The Morgan fingerprint density at radius 2 is 1.85 bits per heavy atom. The van der Waals surface area contributed by atoms with E-state index in [1.807, 2.05) is 24.3 Å². The van der Waals surface area contributed by atoms with E-state index in [1.165, 1.54) is 12.3 Å². The number of methoxy groups -OCH3 is 1. The second-order valence-corrected chi connectivity index (χ2v) is 5.48. The molecular weight excluding hydrogens is 330 g/mol. The van der Waals surface area contributed by atoms with Gasteiger partial charge in [-0.2, -0.15) is 0 Å². The molecule has 5 heteroatoms. The van der Waals surface area contributed by atoms with Crippen molar-refractivity contribution in [1.82, 2.24) is 0 Å². The molecule has 1 heterocycles. The summed E-state index contributed by atoms with van der Waals surface area (Å²) in [5, 5.41) is 2.71. The van der Waals surface area contributed by atoms with Crippen molar-refractivity contribution in [3.05, 3.63) is 89.9 Å². The highest BCUT2D eigenvalue weighted by Crippen LogP contribution is 2.15. The van der Waals surface area contributed by atoms with Gasteiger partial charge in [-0.25, -0.2) is 0 Å². The van der Waals surface area contributed by atoms with Crippen molar-refractivity contribution >= 4 is 23.5 Å². The Morgan fingerprint density at radius 1 is 1.04 bits per heavy atom.